The van der Waals surface area contributed by atoms with E-state index in [4.69, 9.17) is 0 Å². The molecule has 114 valence electrons. The smallest absolute Gasteiger partial charge is 0.315 e. The van der Waals surface area contributed by atoms with Gasteiger partial charge in [0.2, 0.25) is 0 Å². The lowest BCUT2D eigenvalue weighted by Gasteiger charge is -2.42. The molecule has 0 aromatic heterocycles. The van der Waals surface area contributed by atoms with Crippen LogP contribution in [0.15, 0.2) is 0 Å². The fourth-order valence-corrected chi connectivity index (χ4v) is 3.08. The van der Waals surface area contributed by atoms with E-state index in [9.17, 15) is 13.2 Å². The van der Waals surface area contributed by atoms with Crippen LogP contribution in [0.25, 0.3) is 0 Å². The van der Waals surface area contributed by atoms with Crippen LogP contribution in [0.5, 0.6) is 0 Å². The number of hydrogen-bond donors (Lipinski definition) is 1. The number of rotatable bonds is 5. The van der Waals surface area contributed by atoms with E-state index >= 15 is 0 Å². The van der Waals surface area contributed by atoms with Crippen molar-refractivity contribution in [2.24, 2.45) is 11.8 Å². The molecule has 0 aliphatic heterocycles. The highest BCUT2D eigenvalue weighted by Crippen LogP contribution is 2.33. The highest BCUT2D eigenvalue weighted by molar-refractivity contribution is 4.90. The first-order valence-corrected chi connectivity index (χ1v) is 7.19. The van der Waals surface area contributed by atoms with E-state index in [2.05, 4.69) is 19.2 Å². The Bertz CT molecular complexity index is 266. The molecule has 1 saturated carbocycles. The summed E-state index contributed by atoms with van der Waals surface area (Å²) in [6, 6.07) is 0.529. The summed E-state index contributed by atoms with van der Waals surface area (Å²) in [7, 11) is 3.73. The molecule has 5 heteroatoms. The Balaban J connectivity index is 2.59. The summed E-state index contributed by atoms with van der Waals surface area (Å²) < 4.78 is 37.0. The van der Waals surface area contributed by atoms with Crippen LogP contribution in [0.1, 0.15) is 39.5 Å². The first-order chi connectivity index (χ1) is 8.74. The lowest BCUT2D eigenvalue weighted by molar-refractivity contribution is -0.139. The number of likely N-dealkylation sites (N-methyl/N-ethyl adjacent to an activating group) is 2. The third kappa shape index (κ3) is 5.30. The van der Waals surface area contributed by atoms with Gasteiger partial charge in [0, 0.05) is 18.6 Å². The van der Waals surface area contributed by atoms with Crippen LogP contribution < -0.4 is 5.32 Å². The minimum absolute atomic E-state index is 0.0944. The molecule has 0 amide bonds. The Morgan fingerprint density at radius 3 is 2.37 bits per heavy atom. The van der Waals surface area contributed by atoms with Crippen LogP contribution in [0.4, 0.5) is 13.2 Å². The van der Waals surface area contributed by atoms with Crippen molar-refractivity contribution in [3.63, 3.8) is 0 Å². The lowest BCUT2D eigenvalue weighted by Crippen LogP contribution is -2.52. The van der Waals surface area contributed by atoms with Gasteiger partial charge in [-0.2, -0.15) is 13.2 Å². The monoisotopic (exact) mass is 280 g/mol. The highest BCUT2D eigenvalue weighted by atomic mass is 19.4. The molecule has 1 aliphatic rings. The van der Waals surface area contributed by atoms with Crippen LogP contribution >= 0.6 is 0 Å². The van der Waals surface area contributed by atoms with Crippen LogP contribution in [0.3, 0.4) is 0 Å². The van der Waals surface area contributed by atoms with Crippen molar-refractivity contribution in [3.8, 4) is 0 Å². The Morgan fingerprint density at radius 2 is 1.89 bits per heavy atom. The SMILES string of the molecule is CNC1CCC(C(C)C)CC1N(C)CCC(F)(F)F. The molecule has 19 heavy (non-hydrogen) atoms. The third-order valence-electron chi connectivity index (χ3n) is 4.48. The molecule has 3 atom stereocenters. The third-order valence-corrected chi connectivity index (χ3v) is 4.48. The molecule has 0 heterocycles. The quantitative estimate of drug-likeness (QED) is 0.831. The van der Waals surface area contributed by atoms with Gasteiger partial charge in [0.25, 0.3) is 0 Å². The van der Waals surface area contributed by atoms with Gasteiger partial charge < -0.3 is 10.2 Å². The Kier molecular flexibility index (Phi) is 6.12. The van der Waals surface area contributed by atoms with E-state index in [0.29, 0.717) is 17.9 Å². The average molecular weight is 280 g/mol. The molecular formula is C14H27F3N2. The lowest BCUT2D eigenvalue weighted by atomic mass is 9.76. The zero-order valence-corrected chi connectivity index (χ0v) is 12.4. The van der Waals surface area contributed by atoms with Crippen molar-refractivity contribution in [3.05, 3.63) is 0 Å². The van der Waals surface area contributed by atoms with E-state index in [1.807, 2.05) is 19.0 Å². The molecular weight excluding hydrogens is 253 g/mol. The second-order valence-electron chi connectivity index (χ2n) is 6.13. The number of halogens is 3. The molecule has 0 spiro atoms. The maximum atomic E-state index is 12.3. The van der Waals surface area contributed by atoms with Crippen LogP contribution in [0.2, 0.25) is 0 Å². The summed E-state index contributed by atoms with van der Waals surface area (Å²) >= 11 is 0. The van der Waals surface area contributed by atoms with Crippen LogP contribution in [0, 0.1) is 11.8 Å². The summed E-state index contributed by atoms with van der Waals surface area (Å²) in [6.07, 6.45) is -1.55. The summed E-state index contributed by atoms with van der Waals surface area (Å²) in [6.45, 7) is 4.51. The van der Waals surface area contributed by atoms with Gasteiger partial charge in [0.1, 0.15) is 0 Å². The normalized spacial score (nSPS) is 29.2. The zero-order chi connectivity index (χ0) is 14.6. The Labute approximate surface area is 114 Å². The molecule has 2 nitrogen and oxygen atoms in total. The van der Waals surface area contributed by atoms with Gasteiger partial charge >= 0.3 is 6.18 Å². The first-order valence-electron chi connectivity index (χ1n) is 7.19. The molecule has 0 radical (unpaired) electrons. The van der Waals surface area contributed by atoms with Crippen molar-refractivity contribution in [1.29, 1.82) is 0 Å². The minimum Gasteiger partial charge on any atom is -0.315 e. The van der Waals surface area contributed by atoms with E-state index in [-0.39, 0.29) is 12.6 Å². The van der Waals surface area contributed by atoms with E-state index < -0.39 is 12.6 Å². The van der Waals surface area contributed by atoms with Crippen molar-refractivity contribution in [1.82, 2.24) is 10.2 Å². The second-order valence-corrected chi connectivity index (χ2v) is 6.13. The summed E-state index contributed by atoms with van der Waals surface area (Å²) in [5.41, 5.74) is 0. The fourth-order valence-electron chi connectivity index (χ4n) is 3.08. The van der Waals surface area contributed by atoms with E-state index in [0.717, 1.165) is 12.8 Å². The predicted molar refractivity (Wildman–Crippen MR) is 72.1 cm³/mol. The first kappa shape index (κ1) is 16.8. The van der Waals surface area contributed by atoms with Crippen molar-refractivity contribution in [2.75, 3.05) is 20.6 Å². The van der Waals surface area contributed by atoms with Gasteiger partial charge in [-0.05, 0) is 45.2 Å². The number of nitrogens with zero attached hydrogens (tertiary/aromatic N) is 1. The maximum absolute atomic E-state index is 12.3. The summed E-state index contributed by atoms with van der Waals surface area (Å²) in [5, 5.41) is 3.27. The van der Waals surface area contributed by atoms with Gasteiger partial charge in [0.05, 0.1) is 6.42 Å². The molecule has 1 rings (SSSR count). The average Bonchev–Trinajstić information content (AvgIpc) is 2.34. The van der Waals surface area contributed by atoms with Gasteiger partial charge in [-0.25, -0.2) is 0 Å². The van der Waals surface area contributed by atoms with Crippen LogP contribution in [-0.4, -0.2) is 43.8 Å². The number of nitrogens with one attached hydrogen (secondary N) is 1. The molecule has 3 unspecified atom stereocenters. The highest BCUT2D eigenvalue weighted by Gasteiger charge is 2.35. The van der Waals surface area contributed by atoms with Crippen molar-refractivity contribution in [2.45, 2.75) is 57.8 Å². The predicted octanol–water partition coefficient (Wildman–Crippen LogP) is 3.28. The molecule has 0 aromatic rings. The number of hydrogen-bond acceptors (Lipinski definition) is 2. The maximum Gasteiger partial charge on any atom is 0.390 e. The van der Waals surface area contributed by atoms with Gasteiger partial charge in [-0.15, -0.1) is 0 Å². The van der Waals surface area contributed by atoms with E-state index in [1.165, 1.54) is 6.42 Å². The standard InChI is InChI=1S/C14H27F3N2/c1-10(2)11-5-6-12(18-3)13(9-11)19(4)8-7-14(15,16)17/h10-13,18H,5-9H2,1-4H3. The molecule has 1 aliphatic carbocycles. The topological polar surface area (TPSA) is 15.3 Å². The van der Waals surface area contributed by atoms with Gasteiger partial charge in [-0.1, -0.05) is 13.8 Å². The molecule has 1 fully saturated rings. The molecule has 0 aromatic carbocycles. The Morgan fingerprint density at radius 1 is 1.26 bits per heavy atom. The zero-order valence-electron chi connectivity index (χ0n) is 12.4. The molecule has 1 N–H and O–H groups in total. The minimum atomic E-state index is -4.06. The second kappa shape index (κ2) is 6.93. The summed E-state index contributed by atoms with van der Waals surface area (Å²) in [4.78, 5) is 1.89. The van der Waals surface area contributed by atoms with Gasteiger partial charge in [0.15, 0.2) is 0 Å². The van der Waals surface area contributed by atoms with Crippen molar-refractivity contribution >= 4 is 0 Å². The largest absolute Gasteiger partial charge is 0.390 e. The summed E-state index contributed by atoms with van der Waals surface area (Å²) in [5.74, 6) is 1.24. The van der Waals surface area contributed by atoms with Crippen LogP contribution in [-0.2, 0) is 0 Å². The van der Waals surface area contributed by atoms with Gasteiger partial charge in [-0.3, -0.25) is 0 Å². The molecule has 0 saturated heterocycles. The van der Waals surface area contributed by atoms with E-state index in [1.54, 1.807) is 0 Å². The fraction of sp³-hybridized carbons (Fsp3) is 1.00. The Hall–Kier alpha value is -0.290. The number of alkyl halides is 3. The van der Waals surface area contributed by atoms with Crippen molar-refractivity contribution < 1.29 is 13.2 Å². The molecule has 0 bridgehead atoms.